The van der Waals surface area contributed by atoms with Crippen molar-refractivity contribution in [3.8, 4) is 0 Å². The van der Waals surface area contributed by atoms with E-state index >= 15 is 0 Å². The molecule has 0 saturated heterocycles. The molecular formula is C12H20N2O2S. The smallest absolute Gasteiger partial charge is 0.350 e. The van der Waals surface area contributed by atoms with Gasteiger partial charge in [-0.3, -0.25) is 0 Å². The Labute approximate surface area is 106 Å². The maximum Gasteiger partial charge on any atom is 0.350 e. The van der Waals surface area contributed by atoms with Crippen molar-refractivity contribution >= 4 is 22.4 Å². The van der Waals surface area contributed by atoms with E-state index in [-0.39, 0.29) is 5.97 Å². The monoisotopic (exact) mass is 256 g/mol. The highest BCUT2D eigenvalue weighted by molar-refractivity contribution is 7.17. The van der Waals surface area contributed by atoms with Crippen LogP contribution in [0.5, 0.6) is 0 Å². The first-order valence-corrected chi connectivity index (χ1v) is 6.81. The number of rotatable bonds is 6. The van der Waals surface area contributed by atoms with Gasteiger partial charge in [-0.15, -0.1) is 0 Å². The molecule has 1 rings (SSSR count). The average molecular weight is 256 g/mol. The molecule has 0 aliphatic rings. The summed E-state index contributed by atoms with van der Waals surface area (Å²) in [5, 5.41) is 4.10. The van der Waals surface area contributed by atoms with E-state index in [0.717, 1.165) is 23.7 Å². The van der Waals surface area contributed by atoms with E-state index < -0.39 is 0 Å². The number of carbonyl (C=O) groups excluding carboxylic acids is 1. The molecule has 0 aliphatic carbocycles. The zero-order chi connectivity index (χ0) is 12.8. The third kappa shape index (κ3) is 4.00. The van der Waals surface area contributed by atoms with Crippen LogP contribution >= 0.6 is 11.3 Å². The molecule has 1 heterocycles. The summed E-state index contributed by atoms with van der Waals surface area (Å²) < 4.78 is 4.98. The van der Waals surface area contributed by atoms with Crippen LogP contribution in [0.25, 0.3) is 0 Å². The molecule has 0 aromatic carbocycles. The summed E-state index contributed by atoms with van der Waals surface area (Å²) in [6.45, 7) is 8.29. The second kappa shape index (κ2) is 6.59. The largest absolute Gasteiger partial charge is 0.462 e. The van der Waals surface area contributed by atoms with E-state index in [9.17, 15) is 4.79 Å². The fraction of sp³-hybridized carbons (Fsp3) is 0.667. The molecule has 96 valence electrons. The molecule has 0 saturated carbocycles. The van der Waals surface area contributed by atoms with Gasteiger partial charge in [0.1, 0.15) is 4.88 Å². The zero-order valence-corrected chi connectivity index (χ0v) is 11.7. The molecule has 1 aromatic heterocycles. The molecule has 17 heavy (non-hydrogen) atoms. The first-order chi connectivity index (χ1) is 8.08. The topological polar surface area (TPSA) is 51.2 Å². The Balaban J connectivity index is 2.70. The van der Waals surface area contributed by atoms with Crippen molar-refractivity contribution in [2.75, 3.05) is 11.9 Å². The number of hydrogen-bond donors (Lipinski definition) is 1. The molecule has 0 aliphatic heterocycles. The molecule has 5 heteroatoms. The number of anilines is 1. The molecule has 0 radical (unpaired) electrons. The standard InChI is InChI=1S/C12H20N2O2S/c1-5-7-8(3)13-12-14-9(4)10(17-12)11(15)16-6-2/h8H,5-7H2,1-4H3,(H,13,14)/t8-/m1/s1. The van der Waals surface area contributed by atoms with Crippen LogP contribution < -0.4 is 5.32 Å². The lowest BCUT2D eigenvalue weighted by Gasteiger charge is -2.10. The minimum atomic E-state index is -0.279. The summed E-state index contributed by atoms with van der Waals surface area (Å²) in [5.41, 5.74) is 0.736. The van der Waals surface area contributed by atoms with Gasteiger partial charge in [0.05, 0.1) is 12.3 Å². The maximum atomic E-state index is 11.6. The van der Waals surface area contributed by atoms with Crippen LogP contribution in [0.4, 0.5) is 5.13 Å². The van der Waals surface area contributed by atoms with E-state index in [1.54, 1.807) is 6.92 Å². The number of hydrogen-bond acceptors (Lipinski definition) is 5. The third-order valence-electron chi connectivity index (χ3n) is 2.35. The molecule has 1 aromatic rings. The lowest BCUT2D eigenvalue weighted by atomic mass is 10.2. The number of nitrogens with zero attached hydrogens (tertiary/aromatic N) is 1. The van der Waals surface area contributed by atoms with E-state index in [1.165, 1.54) is 11.3 Å². The van der Waals surface area contributed by atoms with Crippen LogP contribution in [0.1, 0.15) is 49.0 Å². The van der Waals surface area contributed by atoms with Crippen LogP contribution in [-0.2, 0) is 4.74 Å². The maximum absolute atomic E-state index is 11.6. The Morgan fingerprint density at radius 3 is 2.82 bits per heavy atom. The van der Waals surface area contributed by atoms with Crippen LogP contribution in [0.3, 0.4) is 0 Å². The Hall–Kier alpha value is -1.10. The number of carbonyl (C=O) groups is 1. The number of aromatic nitrogens is 1. The molecule has 0 amide bonds. The molecular weight excluding hydrogens is 236 g/mol. The van der Waals surface area contributed by atoms with Crippen molar-refractivity contribution < 1.29 is 9.53 Å². The molecule has 0 fully saturated rings. The van der Waals surface area contributed by atoms with E-state index in [1.807, 2.05) is 6.92 Å². The summed E-state index contributed by atoms with van der Waals surface area (Å²) in [4.78, 5) is 16.5. The SMILES string of the molecule is CCC[C@@H](C)Nc1nc(C)c(C(=O)OCC)s1. The Bertz CT molecular complexity index is 377. The Kier molecular flexibility index (Phi) is 5.41. The van der Waals surface area contributed by atoms with E-state index in [0.29, 0.717) is 17.5 Å². The van der Waals surface area contributed by atoms with Crippen LogP contribution in [0.2, 0.25) is 0 Å². The van der Waals surface area contributed by atoms with Crippen molar-refractivity contribution in [1.82, 2.24) is 4.98 Å². The van der Waals surface area contributed by atoms with Gasteiger partial charge in [-0.2, -0.15) is 0 Å². The summed E-state index contributed by atoms with van der Waals surface area (Å²) in [7, 11) is 0. The van der Waals surface area contributed by atoms with Gasteiger partial charge in [0.25, 0.3) is 0 Å². The average Bonchev–Trinajstić information content (AvgIpc) is 2.60. The number of esters is 1. The zero-order valence-electron chi connectivity index (χ0n) is 10.9. The minimum absolute atomic E-state index is 0.279. The highest BCUT2D eigenvalue weighted by atomic mass is 32.1. The summed E-state index contributed by atoms with van der Waals surface area (Å²) in [6.07, 6.45) is 2.22. The van der Waals surface area contributed by atoms with E-state index in [4.69, 9.17) is 4.74 Å². The molecule has 0 spiro atoms. The van der Waals surface area contributed by atoms with Gasteiger partial charge in [0.15, 0.2) is 5.13 Å². The van der Waals surface area contributed by atoms with Crippen molar-refractivity contribution in [1.29, 1.82) is 0 Å². The molecule has 1 N–H and O–H groups in total. The van der Waals surface area contributed by atoms with Crippen LogP contribution in [0.15, 0.2) is 0 Å². The summed E-state index contributed by atoms with van der Waals surface area (Å²) in [6, 6.07) is 0.376. The van der Waals surface area contributed by atoms with Gasteiger partial charge in [0.2, 0.25) is 0 Å². The van der Waals surface area contributed by atoms with Gasteiger partial charge < -0.3 is 10.1 Å². The quantitative estimate of drug-likeness (QED) is 0.794. The second-order valence-electron chi connectivity index (χ2n) is 3.99. The summed E-state index contributed by atoms with van der Waals surface area (Å²) >= 11 is 1.36. The van der Waals surface area contributed by atoms with Gasteiger partial charge in [-0.25, -0.2) is 9.78 Å². The molecule has 1 atom stereocenters. The van der Waals surface area contributed by atoms with Crippen molar-refractivity contribution in [2.24, 2.45) is 0 Å². The van der Waals surface area contributed by atoms with Crippen molar-refractivity contribution in [3.63, 3.8) is 0 Å². The first-order valence-electron chi connectivity index (χ1n) is 5.99. The molecule has 0 bridgehead atoms. The summed E-state index contributed by atoms with van der Waals surface area (Å²) in [5.74, 6) is -0.279. The number of thiazole rings is 1. The van der Waals surface area contributed by atoms with Crippen LogP contribution in [0, 0.1) is 6.92 Å². The fourth-order valence-corrected chi connectivity index (χ4v) is 2.53. The lowest BCUT2D eigenvalue weighted by Crippen LogP contribution is -2.14. The van der Waals surface area contributed by atoms with Gasteiger partial charge in [-0.1, -0.05) is 24.7 Å². The van der Waals surface area contributed by atoms with Crippen molar-refractivity contribution in [2.45, 2.75) is 46.6 Å². The van der Waals surface area contributed by atoms with Crippen LogP contribution in [-0.4, -0.2) is 23.6 Å². The second-order valence-corrected chi connectivity index (χ2v) is 4.99. The number of aryl methyl sites for hydroxylation is 1. The van der Waals surface area contributed by atoms with Gasteiger partial charge in [-0.05, 0) is 27.2 Å². The minimum Gasteiger partial charge on any atom is -0.462 e. The molecule has 4 nitrogen and oxygen atoms in total. The Morgan fingerprint density at radius 2 is 2.24 bits per heavy atom. The normalized spacial score (nSPS) is 12.2. The van der Waals surface area contributed by atoms with Crippen molar-refractivity contribution in [3.05, 3.63) is 10.6 Å². The van der Waals surface area contributed by atoms with Gasteiger partial charge in [0, 0.05) is 6.04 Å². The fourth-order valence-electron chi connectivity index (χ4n) is 1.56. The highest BCUT2D eigenvalue weighted by Gasteiger charge is 2.16. The predicted molar refractivity (Wildman–Crippen MR) is 70.8 cm³/mol. The third-order valence-corrected chi connectivity index (χ3v) is 3.42. The first kappa shape index (κ1) is 14.0. The number of nitrogens with one attached hydrogen (secondary N) is 1. The number of ether oxygens (including phenoxy) is 1. The Morgan fingerprint density at radius 1 is 1.53 bits per heavy atom. The van der Waals surface area contributed by atoms with Gasteiger partial charge >= 0.3 is 5.97 Å². The van der Waals surface area contributed by atoms with E-state index in [2.05, 4.69) is 24.1 Å². The molecule has 0 unspecified atom stereocenters. The highest BCUT2D eigenvalue weighted by Crippen LogP contribution is 2.24. The predicted octanol–water partition coefficient (Wildman–Crippen LogP) is 3.23. The lowest BCUT2D eigenvalue weighted by molar-refractivity contribution is 0.0531.